The van der Waals surface area contributed by atoms with Gasteiger partial charge in [-0.2, -0.15) is 11.8 Å². The van der Waals surface area contributed by atoms with Crippen molar-refractivity contribution in [2.75, 3.05) is 12.4 Å². The Morgan fingerprint density at radius 1 is 1.05 bits per heavy atom. The van der Waals surface area contributed by atoms with Crippen LogP contribution in [0.2, 0.25) is 5.02 Å². The molecule has 2 N–H and O–H groups in total. The third-order valence-corrected chi connectivity index (χ3v) is 4.21. The highest BCUT2D eigenvalue weighted by atomic mass is 35.5. The second kappa shape index (κ2) is 8.20. The molecular formula is C16H18ClNOS. The average molecular weight is 308 g/mol. The molecule has 0 saturated carbocycles. The summed E-state index contributed by atoms with van der Waals surface area (Å²) in [6.45, 7) is 1.26. The first-order chi connectivity index (χ1) is 9.79. The highest BCUT2D eigenvalue weighted by Crippen LogP contribution is 2.20. The summed E-state index contributed by atoms with van der Waals surface area (Å²) in [6.07, 6.45) is 0. The van der Waals surface area contributed by atoms with Crippen LogP contribution in [0.1, 0.15) is 11.1 Å². The van der Waals surface area contributed by atoms with Gasteiger partial charge in [-0.05, 0) is 29.3 Å². The van der Waals surface area contributed by atoms with Crippen molar-refractivity contribution in [1.82, 2.24) is 0 Å². The molecule has 0 fully saturated rings. The van der Waals surface area contributed by atoms with E-state index < -0.39 is 0 Å². The van der Waals surface area contributed by atoms with Crippen LogP contribution in [0, 0.1) is 0 Å². The van der Waals surface area contributed by atoms with E-state index in [9.17, 15) is 0 Å². The van der Waals surface area contributed by atoms with Gasteiger partial charge in [0.05, 0.1) is 6.61 Å². The molecule has 2 aromatic carbocycles. The largest absolute Gasteiger partial charge is 0.493 e. The van der Waals surface area contributed by atoms with Crippen LogP contribution in [0.15, 0.2) is 48.5 Å². The predicted octanol–water partition coefficient (Wildman–Crippen LogP) is 4.11. The number of halogens is 1. The lowest BCUT2D eigenvalue weighted by atomic mass is 10.2. The molecule has 4 heteroatoms. The van der Waals surface area contributed by atoms with E-state index in [1.54, 1.807) is 0 Å². The molecule has 2 nitrogen and oxygen atoms in total. The number of ether oxygens (including phenoxy) is 1. The van der Waals surface area contributed by atoms with Crippen molar-refractivity contribution in [2.24, 2.45) is 5.73 Å². The van der Waals surface area contributed by atoms with Gasteiger partial charge in [-0.3, -0.25) is 0 Å². The molecule has 0 saturated heterocycles. The lowest BCUT2D eigenvalue weighted by Crippen LogP contribution is -2.01. The fourth-order valence-corrected chi connectivity index (χ4v) is 2.84. The van der Waals surface area contributed by atoms with E-state index in [4.69, 9.17) is 22.1 Å². The van der Waals surface area contributed by atoms with Crippen molar-refractivity contribution < 1.29 is 4.74 Å². The molecule has 0 spiro atoms. The normalized spacial score (nSPS) is 10.5. The van der Waals surface area contributed by atoms with Gasteiger partial charge in [0.15, 0.2) is 0 Å². The van der Waals surface area contributed by atoms with Crippen LogP contribution in [0.5, 0.6) is 5.75 Å². The number of nitrogens with two attached hydrogens (primary N) is 1. The fourth-order valence-electron chi connectivity index (χ4n) is 1.74. The fraction of sp³-hybridized carbons (Fsp3) is 0.250. The van der Waals surface area contributed by atoms with Crippen molar-refractivity contribution in [1.29, 1.82) is 0 Å². The molecule has 0 heterocycles. The summed E-state index contributed by atoms with van der Waals surface area (Å²) in [5.74, 6) is 2.74. The van der Waals surface area contributed by atoms with Gasteiger partial charge in [0.2, 0.25) is 0 Å². The SMILES string of the molecule is NCc1ccc(OCCSCc2ccccc2Cl)cc1. The molecule has 20 heavy (non-hydrogen) atoms. The van der Waals surface area contributed by atoms with Crippen molar-refractivity contribution in [3.8, 4) is 5.75 Å². The summed E-state index contributed by atoms with van der Waals surface area (Å²) in [7, 11) is 0. The molecule has 0 aliphatic rings. The summed E-state index contributed by atoms with van der Waals surface area (Å²) < 4.78 is 5.68. The van der Waals surface area contributed by atoms with E-state index in [1.807, 2.05) is 54.2 Å². The third-order valence-electron chi connectivity index (χ3n) is 2.87. The summed E-state index contributed by atoms with van der Waals surface area (Å²) in [6, 6.07) is 15.8. The van der Waals surface area contributed by atoms with Crippen molar-refractivity contribution in [2.45, 2.75) is 12.3 Å². The van der Waals surface area contributed by atoms with Crippen molar-refractivity contribution >= 4 is 23.4 Å². The molecule has 0 radical (unpaired) electrons. The smallest absolute Gasteiger partial charge is 0.119 e. The Kier molecular flexibility index (Phi) is 6.25. The Balaban J connectivity index is 1.67. The highest BCUT2D eigenvalue weighted by Gasteiger charge is 1.99. The van der Waals surface area contributed by atoms with E-state index >= 15 is 0 Å². The molecule has 0 atom stereocenters. The first-order valence-electron chi connectivity index (χ1n) is 6.52. The molecular weight excluding hydrogens is 290 g/mol. The summed E-state index contributed by atoms with van der Waals surface area (Å²) in [4.78, 5) is 0. The Hall–Kier alpha value is -1.16. The molecule has 0 unspecified atom stereocenters. The number of benzene rings is 2. The topological polar surface area (TPSA) is 35.2 Å². The second-order valence-corrected chi connectivity index (χ2v) is 5.85. The van der Waals surface area contributed by atoms with Gasteiger partial charge in [-0.15, -0.1) is 0 Å². The van der Waals surface area contributed by atoms with Crippen LogP contribution >= 0.6 is 23.4 Å². The third kappa shape index (κ3) is 4.75. The van der Waals surface area contributed by atoms with Crippen LogP contribution in [0.4, 0.5) is 0 Å². The molecule has 0 aromatic heterocycles. The van der Waals surface area contributed by atoms with Crippen LogP contribution in [0.25, 0.3) is 0 Å². The molecule has 0 aliphatic carbocycles. The van der Waals surface area contributed by atoms with Gasteiger partial charge in [-0.25, -0.2) is 0 Å². The maximum atomic E-state index is 6.11. The Morgan fingerprint density at radius 2 is 1.80 bits per heavy atom. The average Bonchev–Trinajstić information content (AvgIpc) is 2.49. The quantitative estimate of drug-likeness (QED) is 0.782. The lowest BCUT2D eigenvalue weighted by Gasteiger charge is -2.07. The Morgan fingerprint density at radius 3 is 2.50 bits per heavy atom. The summed E-state index contributed by atoms with van der Waals surface area (Å²) in [5, 5.41) is 0.832. The number of thioether (sulfide) groups is 1. The van der Waals surface area contributed by atoms with Gasteiger partial charge >= 0.3 is 0 Å². The van der Waals surface area contributed by atoms with Gasteiger partial charge in [0.1, 0.15) is 5.75 Å². The van der Waals surface area contributed by atoms with Crippen LogP contribution < -0.4 is 10.5 Å². The lowest BCUT2D eigenvalue weighted by molar-refractivity contribution is 0.344. The van der Waals surface area contributed by atoms with E-state index in [0.717, 1.165) is 27.8 Å². The van der Waals surface area contributed by atoms with Crippen LogP contribution in [0.3, 0.4) is 0 Å². The standard InChI is InChI=1S/C16H18ClNOS/c17-16-4-2-1-3-14(16)12-20-10-9-19-15-7-5-13(11-18)6-8-15/h1-8H,9-12,18H2. The maximum Gasteiger partial charge on any atom is 0.119 e. The van der Waals surface area contributed by atoms with Crippen molar-refractivity contribution in [3.05, 3.63) is 64.7 Å². The highest BCUT2D eigenvalue weighted by molar-refractivity contribution is 7.98. The van der Waals surface area contributed by atoms with Crippen LogP contribution in [-0.4, -0.2) is 12.4 Å². The Bertz CT molecular complexity index is 530. The predicted molar refractivity (Wildman–Crippen MR) is 87.4 cm³/mol. The minimum absolute atomic E-state index is 0.563. The van der Waals surface area contributed by atoms with Gasteiger partial charge in [0, 0.05) is 23.1 Å². The minimum Gasteiger partial charge on any atom is -0.493 e. The molecule has 2 aromatic rings. The van der Waals surface area contributed by atoms with Crippen molar-refractivity contribution in [3.63, 3.8) is 0 Å². The van der Waals surface area contributed by atoms with E-state index in [2.05, 4.69) is 6.07 Å². The minimum atomic E-state index is 0.563. The van der Waals surface area contributed by atoms with E-state index in [0.29, 0.717) is 13.2 Å². The molecule has 0 aliphatic heterocycles. The number of hydrogen-bond donors (Lipinski definition) is 1. The zero-order valence-corrected chi connectivity index (χ0v) is 12.8. The first-order valence-corrected chi connectivity index (χ1v) is 8.06. The molecule has 106 valence electrons. The van der Waals surface area contributed by atoms with Gasteiger partial charge in [-0.1, -0.05) is 41.9 Å². The Labute approximate surface area is 129 Å². The molecule has 2 rings (SSSR count). The number of rotatable bonds is 7. The van der Waals surface area contributed by atoms with Gasteiger partial charge in [0.25, 0.3) is 0 Å². The van der Waals surface area contributed by atoms with Crippen LogP contribution in [-0.2, 0) is 12.3 Å². The zero-order chi connectivity index (χ0) is 14.2. The summed E-state index contributed by atoms with van der Waals surface area (Å²) in [5.41, 5.74) is 7.84. The monoisotopic (exact) mass is 307 g/mol. The second-order valence-electron chi connectivity index (χ2n) is 4.34. The van der Waals surface area contributed by atoms with E-state index in [1.165, 1.54) is 5.56 Å². The first kappa shape index (κ1) is 15.2. The van der Waals surface area contributed by atoms with E-state index in [-0.39, 0.29) is 0 Å². The molecule has 0 bridgehead atoms. The maximum absolute atomic E-state index is 6.11. The van der Waals surface area contributed by atoms with Gasteiger partial charge < -0.3 is 10.5 Å². The zero-order valence-electron chi connectivity index (χ0n) is 11.2. The summed E-state index contributed by atoms with van der Waals surface area (Å²) >= 11 is 7.92. The number of hydrogen-bond acceptors (Lipinski definition) is 3. The molecule has 0 amide bonds.